The smallest absolute Gasteiger partial charge is 0.133 e. The lowest BCUT2D eigenvalue weighted by Crippen LogP contribution is -2.31. The molecule has 0 N–H and O–H groups in total. The molecular formula is C11H18O. The number of allylic oxidation sites excluding steroid dienone is 1. The van der Waals surface area contributed by atoms with Crippen LogP contribution < -0.4 is 0 Å². The van der Waals surface area contributed by atoms with E-state index in [0.717, 1.165) is 25.7 Å². The summed E-state index contributed by atoms with van der Waals surface area (Å²) in [5.74, 6) is 0.956. The van der Waals surface area contributed by atoms with Gasteiger partial charge in [-0.1, -0.05) is 19.9 Å². The molecule has 1 fully saturated rings. The summed E-state index contributed by atoms with van der Waals surface area (Å²) in [6.45, 7) is 8.25. The molecule has 1 saturated carbocycles. The van der Waals surface area contributed by atoms with Gasteiger partial charge < -0.3 is 0 Å². The van der Waals surface area contributed by atoms with Gasteiger partial charge in [0, 0.05) is 12.8 Å². The van der Waals surface area contributed by atoms with Crippen LogP contribution in [0.4, 0.5) is 0 Å². The van der Waals surface area contributed by atoms with E-state index in [0.29, 0.717) is 17.1 Å². The molecule has 0 aromatic rings. The zero-order valence-corrected chi connectivity index (χ0v) is 8.10. The van der Waals surface area contributed by atoms with Gasteiger partial charge >= 0.3 is 0 Å². The minimum atomic E-state index is 0.335. The summed E-state index contributed by atoms with van der Waals surface area (Å²) in [4.78, 5) is 11.2. The molecule has 0 spiro atoms. The lowest BCUT2D eigenvalue weighted by atomic mass is 9.67. The highest BCUT2D eigenvalue weighted by Gasteiger charge is 2.34. The summed E-state index contributed by atoms with van der Waals surface area (Å²) in [6, 6.07) is 0. The topological polar surface area (TPSA) is 17.1 Å². The lowest BCUT2D eigenvalue weighted by Gasteiger charge is -2.37. The molecule has 0 aliphatic heterocycles. The maximum atomic E-state index is 11.2. The first-order valence-electron chi connectivity index (χ1n) is 4.69. The highest BCUT2D eigenvalue weighted by Crippen LogP contribution is 2.40. The van der Waals surface area contributed by atoms with Gasteiger partial charge in [0.1, 0.15) is 5.78 Å². The van der Waals surface area contributed by atoms with E-state index in [1.165, 1.54) is 0 Å². The number of carbonyl (C=O) groups is 1. The van der Waals surface area contributed by atoms with Crippen LogP contribution in [0.3, 0.4) is 0 Å². The molecule has 0 aromatic heterocycles. The first kappa shape index (κ1) is 9.50. The van der Waals surface area contributed by atoms with Crippen LogP contribution in [-0.2, 0) is 4.79 Å². The summed E-state index contributed by atoms with van der Waals surface area (Å²) in [7, 11) is 0. The Morgan fingerprint density at radius 2 is 2.33 bits per heavy atom. The lowest BCUT2D eigenvalue weighted by molar-refractivity contribution is -0.124. The van der Waals surface area contributed by atoms with E-state index in [-0.39, 0.29) is 0 Å². The monoisotopic (exact) mass is 166 g/mol. The molecule has 1 atom stereocenters. The molecule has 12 heavy (non-hydrogen) atoms. The first-order valence-corrected chi connectivity index (χ1v) is 4.69. The van der Waals surface area contributed by atoms with Crippen LogP contribution in [-0.4, -0.2) is 5.78 Å². The molecule has 0 saturated heterocycles. The minimum absolute atomic E-state index is 0.335. The summed E-state index contributed by atoms with van der Waals surface area (Å²) in [5.41, 5.74) is 0.335. The fraction of sp³-hybridized carbons (Fsp3) is 0.727. The summed E-state index contributed by atoms with van der Waals surface area (Å²) in [5, 5.41) is 0. The number of ketones is 1. The highest BCUT2D eigenvalue weighted by molar-refractivity contribution is 5.79. The molecule has 1 heteroatoms. The van der Waals surface area contributed by atoms with E-state index in [1.54, 1.807) is 0 Å². The van der Waals surface area contributed by atoms with Crippen molar-refractivity contribution in [2.75, 3.05) is 0 Å². The molecule has 68 valence electrons. The first-order chi connectivity index (χ1) is 5.56. The van der Waals surface area contributed by atoms with Crippen LogP contribution in [0.25, 0.3) is 0 Å². The second kappa shape index (κ2) is 3.42. The Morgan fingerprint density at radius 3 is 2.92 bits per heavy atom. The Kier molecular flexibility index (Phi) is 2.71. The van der Waals surface area contributed by atoms with Crippen molar-refractivity contribution in [1.29, 1.82) is 0 Å². The largest absolute Gasteiger partial charge is 0.300 e. The number of Topliss-reactive ketones (excluding diaryl/α,β-unsaturated/α-hetero) is 1. The van der Waals surface area contributed by atoms with Gasteiger partial charge in [-0.15, -0.1) is 6.58 Å². The fourth-order valence-corrected chi connectivity index (χ4v) is 1.92. The molecule has 0 aromatic carbocycles. The van der Waals surface area contributed by atoms with Gasteiger partial charge in [0.25, 0.3) is 0 Å². The summed E-state index contributed by atoms with van der Waals surface area (Å²) >= 11 is 0. The number of carbonyl (C=O) groups excluding carboxylic acids is 1. The van der Waals surface area contributed by atoms with Gasteiger partial charge in [0.05, 0.1) is 0 Å². The third kappa shape index (κ3) is 1.96. The second-order valence-electron chi connectivity index (χ2n) is 4.45. The standard InChI is InChI=1S/C11H18O/c1-4-5-9-8-10(12)6-7-11(9,2)3/h4,9H,1,5-8H2,2-3H3/t9-/m1/s1. The third-order valence-corrected chi connectivity index (χ3v) is 3.08. The van der Waals surface area contributed by atoms with Crippen molar-refractivity contribution in [3.05, 3.63) is 12.7 Å². The molecule has 0 radical (unpaired) electrons. The molecule has 1 aliphatic rings. The Hall–Kier alpha value is -0.590. The molecule has 1 rings (SSSR count). The van der Waals surface area contributed by atoms with Crippen LogP contribution in [0.1, 0.15) is 39.5 Å². The van der Waals surface area contributed by atoms with Crippen molar-refractivity contribution in [1.82, 2.24) is 0 Å². The number of rotatable bonds is 2. The van der Waals surface area contributed by atoms with Crippen LogP contribution in [0.5, 0.6) is 0 Å². The van der Waals surface area contributed by atoms with Gasteiger partial charge in [-0.25, -0.2) is 0 Å². The van der Waals surface area contributed by atoms with Crippen LogP contribution in [0.2, 0.25) is 0 Å². The highest BCUT2D eigenvalue weighted by atomic mass is 16.1. The molecule has 1 nitrogen and oxygen atoms in total. The van der Waals surface area contributed by atoms with E-state index in [9.17, 15) is 4.79 Å². The van der Waals surface area contributed by atoms with Crippen LogP contribution in [0.15, 0.2) is 12.7 Å². The van der Waals surface area contributed by atoms with E-state index in [4.69, 9.17) is 0 Å². The van der Waals surface area contributed by atoms with E-state index in [2.05, 4.69) is 20.4 Å². The third-order valence-electron chi connectivity index (χ3n) is 3.08. The van der Waals surface area contributed by atoms with Gasteiger partial charge in [-0.05, 0) is 24.2 Å². The summed E-state index contributed by atoms with van der Waals surface area (Å²) < 4.78 is 0. The van der Waals surface area contributed by atoms with Crippen LogP contribution >= 0.6 is 0 Å². The fourth-order valence-electron chi connectivity index (χ4n) is 1.92. The minimum Gasteiger partial charge on any atom is -0.300 e. The molecule has 1 aliphatic carbocycles. The maximum absolute atomic E-state index is 11.2. The normalized spacial score (nSPS) is 28.5. The van der Waals surface area contributed by atoms with E-state index >= 15 is 0 Å². The quantitative estimate of drug-likeness (QED) is 0.576. The van der Waals surface area contributed by atoms with Crippen LogP contribution in [0, 0.1) is 11.3 Å². The molecule has 0 unspecified atom stereocenters. The summed E-state index contributed by atoms with van der Waals surface area (Å²) in [6.07, 6.45) is 5.51. The Morgan fingerprint density at radius 1 is 1.67 bits per heavy atom. The Balaban J connectivity index is 2.64. The van der Waals surface area contributed by atoms with Gasteiger partial charge in [0.15, 0.2) is 0 Å². The van der Waals surface area contributed by atoms with Crippen molar-refractivity contribution >= 4 is 5.78 Å². The van der Waals surface area contributed by atoms with Gasteiger partial charge in [-0.3, -0.25) is 4.79 Å². The predicted molar refractivity (Wildman–Crippen MR) is 50.9 cm³/mol. The Bertz CT molecular complexity index is 191. The average Bonchev–Trinajstić information content (AvgIpc) is 1.98. The van der Waals surface area contributed by atoms with Gasteiger partial charge in [-0.2, -0.15) is 0 Å². The maximum Gasteiger partial charge on any atom is 0.133 e. The van der Waals surface area contributed by atoms with Crippen molar-refractivity contribution in [3.8, 4) is 0 Å². The van der Waals surface area contributed by atoms with Crippen molar-refractivity contribution in [2.45, 2.75) is 39.5 Å². The SMILES string of the molecule is C=CC[C@@H]1CC(=O)CCC1(C)C. The second-order valence-corrected chi connectivity index (χ2v) is 4.45. The van der Waals surface area contributed by atoms with Gasteiger partial charge in [0.2, 0.25) is 0 Å². The zero-order chi connectivity index (χ0) is 9.19. The molecule has 0 heterocycles. The molecule has 0 bridgehead atoms. The van der Waals surface area contributed by atoms with Crippen molar-refractivity contribution in [2.24, 2.45) is 11.3 Å². The van der Waals surface area contributed by atoms with Crippen molar-refractivity contribution < 1.29 is 4.79 Å². The molecule has 0 amide bonds. The predicted octanol–water partition coefficient (Wildman–Crippen LogP) is 2.96. The van der Waals surface area contributed by atoms with E-state index < -0.39 is 0 Å². The van der Waals surface area contributed by atoms with Crippen molar-refractivity contribution in [3.63, 3.8) is 0 Å². The van der Waals surface area contributed by atoms with E-state index in [1.807, 2.05) is 6.08 Å². The number of hydrogen-bond donors (Lipinski definition) is 0. The average molecular weight is 166 g/mol. The Labute approximate surface area is 74.9 Å². The number of hydrogen-bond acceptors (Lipinski definition) is 1. The zero-order valence-electron chi connectivity index (χ0n) is 8.10. The molecular weight excluding hydrogens is 148 g/mol.